The molecule has 0 bridgehead atoms. The molecule has 0 spiro atoms. The molecular formula is C21H14Cl4F3N5O3. The first-order valence-corrected chi connectivity index (χ1v) is 11.7. The van der Waals surface area contributed by atoms with Crippen LogP contribution in [-0.2, 0) is 15.8 Å². The highest BCUT2D eigenvalue weighted by Gasteiger charge is 2.36. The van der Waals surface area contributed by atoms with E-state index in [0.29, 0.717) is 6.07 Å². The van der Waals surface area contributed by atoms with Crippen molar-refractivity contribution in [2.75, 3.05) is 6.61 Å². The molecule has 2 aliphatic rings. The molecule has 0 fully saturated rings. The van der Waals surface area contributed by atoms with Gasteiger partial charge in [0.15, 0.2) is 12.3 Å². The van der Waals surface area contributed by atoms with Crippen molar-refractivity contribution in [3.63, 3.8) is 0 Å². The van der Waals surface area contributed by atoms with Gasteiger partial charge in [-0.05, 0) is 18.2 Å². The second-order valence-electron chi connectivity index (χ2n) is 7.48. The zero-order valence-corrected chi connectivity index (χ0v) is 20.8. The Morgan fingerprint density at radius 1 is 1.22 bits per heavy atom. The van der Waals surface area contributed by atoms with Crippen LogP contribution in [0, 0.1) is 0 Å². The second-order valence-corrected chi connectivity index (χ2v) is 9.31. The van der Waals surface area contributed by atoms with Gasteiger partial charge in [0, 0.05) is 17.5 Å². The third-order valence-corrected chi connectivity index (χ3v) is 6.09. The van der Waals surface area contributed by atoms with Gasteiger partial charge in [0.05, 0.1) is 27.5 Å². The Morgan fingerprint density at radius 3 is 2.61 bits per heavy atom. The molecule has 1 aromatic heterocycles. The van der Waals surface area contributed by atoms with Crippen LogP contribution in [0.1, 0.15) is 18.5 Å². The lowest BCUT2D eigenvalue weighted by molar-refractivity contribution is -0.141. The summed E-state index contributed by atoms with van der Waals surface area (Å²) >= 11 is 24.5. The van der Waals surface area contributed by atoms with E-state index in [1.165, 1.54) is 18.2 Å². The molecule has 8 nitrogen and oxygen atoms in total. The van der Waals surface area contributed by atoms with Crippen LogP contribution < -0.4 is 10.1 Å². The summed E-state index contributed by atoms with van der Waals surface area (Å²) in [6.07, 6.45) is -3.29. The van der Waals surface area contributed by atoms with Crippen LogP contribution in [0.2, 0.25) is 5.02 Å². The van der Waals surface area contributed by atoms with Crippen LogP contribution in [0.3, 0.4) is 0 Å². The van der Waals surface area contributed by atoms with Crippen molar-refractivity contribution in [2.24, 2.45) is 5.10 Å². The van der Waals surface area contributed by atoms with E-state index in [0.717, 1.165) is 9.69 Å². The Hall–Kier alpha value is -2.73. The average Bonchev–Trinajstić information content (AvgIpc) is 3.35. The lowest BCUT2D eigenvalue weighted by Gasteiger charge is -2.22. The highest BCUT2D eigenvalue weighted by atomic mass is 35.5. The van der Waals surface area contributed by atoms with Crippen LogP contribution in [-0.4, -0.2) is 44.4 Å². The van der Waals surface area contributed by atoms with E-state index in [2.05, 4.69) is 15.5 Å². The number of aromatic nitrogens is 2. The molecule has 1 atom stereocenters. The molecule has 36 heavy (non-hydrogen) atoms. The molecule has 1 N–H and O–H groups in total. The number of hydrogen-bond donors (Lipinski definition) is 1. The van der Waals surface area contributed by atoms with E-state index in [1.54, 1.807) is 12.1 Å². The predicted molar refractivity (Wildman–Crippen MR) is 127 cm³/mol. The van der Waals surface area contributed by atoms with Crippen molar-refractivity contribution in [1.82, 2.24) is 20.1 Å². The molecule has 2 heterocycles. The SMILES string of the molecule is O=C(COc1cc(C(F)(F)F)nn1-c1ccccc1Cl)NC1=NN(C2=C(Cl)CC(Cl)C=C2Cl)C(=O)C1. The van der Waals surface area contributed by atoms with Crippen molar-refractivity contribution in [1.29, 1.82) is 0 Å². The topological polar surface area (TPSA) is 88.8 Å². The molecule has 2 amide bonds. The first kappa shape index (κ1) is 26.3. The van der Waals surface area contributed by atoms with Gasteiger partial charge in [0.2, 0.25) is 5.88 Å². The largest absolute Gasteiger partial charge is 0.467 e. The molecule has 15 heteroatoms. The number of carbonyl (C=O) groups is 2. The standard InChI is InChI=1S/C21H14Cl4F3N5O3/c22-10-5-12(24)20(13(25)6-10)33-18(35)8-16(31-33)29-17(34)9-36-19-7-15(21(26,27)28)30-32(19)14-4-2-1-3-11(14)23/h1-5,7,10H,6,8-9H2,(H,29,31,34). The summed E-state index contributed by atoms with van der Waals surface area (Å²) in [5.74, 6) is -1.69. The number of alkyl halides is 4. The number of hydrogen-bond acceptors (Lipinski definition) is 5. The lowest BCUT2D eigenvalue weighted by atomic mass is 10.1. The smallest absolute Gasteiger partial charge is 0.435 e. The first-order valence-electron chi connectivity index (χ1n) is 10.1. The Balaban J connectivity index is 1.48. The monoisotopic (exact) mass is 581 g/mol. The summed E-state index contributed by atoms with van der Waals surface area (Å²) in [5.41, 5.74) is -0.960. The number of ether oxygens (including phenoxy) is 1. The van der Waals surface area contributed by atoms with E-state index in [-0.39, 0.29) is 51.0 Å². The number of benzene rings is 1. The van der Waals surface area contributed by atoms with Crippen LogP contribution in [0.15, 0.2) is 57.3 Å². The van der Waals surface area contributed by atoms with E-state index in [1.807, 2.05) is 0 Å². The minimum Gasteiger partial charge on any atom is -0.467 e. The van der Waals surface area contributed by atoms with Crippen LogP contribution in [0.4, 0.5) is 13.2 Å². The second kappa shape index (κ2) is 10.3. The molecular weight excluding hydrogens is 569 g/mol. The Labute approximate surface area is 221 Å². The molecule has 1 aliphatic carbocycles. The quantitative estimate of drug-likeness (QED) is 0.493. The number of allylic oxidation sites excluding steroid dienone is 3. The van der Waals surface area contributed by atoms with Crippen molar-refractivity contribution in [3.8, 4) is 11.6 Å². The molecule has 4 rings (SSSR count). The van der Waals surface area contributed by atoms with Crippen molar-refractivity contribution >= 4 is 64.1 Å². The molecule has 0 radical (unpaired) electrons. The van der Waals surface area contributed by atoms with Gasteiger partial charge in [-0.15, -0.1) is 11.6 Å². The van der Waals surface area contributed by atoms with Gasteiger partial charge < -0.3 is 10.1 Å². The van der Waals surface area contributed by atoms with Gasteiger partial charge in [0.1, 0.15) is 11.5 Å². The van der Waals surface area contributed by atoms with Gasteiger partial charge in [-0.1, -0.05) is 46.9 Å². The number of hydrazone groups is 1. The highest BCUT2D eigenvalue weighted by Crippen LogP contribution is 2.36. The average molecular weight is 583 g/mol. The third kappa shape index (κ3) is 5.64. The maximum Gasteiger partial charge on any atom is 0.435 e. The number of amides is 2. The molecule has 1 aliphatic heterocycles. The number of halogens is 7. The van der Waals surface area contributed by atoms with Gasteiger partial charge >= 0.3 is 6.18 Å². The number of nitrogens with one attached hydrogen (secondary N) is 1. The van der Waals surface area contributed by atoms with Gasteiger partial charge in [-0.3, -0.25) is 9.59 Å². The van der Waals surface area contributed by atoms with Crippen molar-refractivity contribution in [3.05, 3.63) is 62.9 Å². The fraction of sp³-hybridized carbons (Fsp3) is 0.238. The molecule has 190 valence electrons. The van der Waals surface area contributed by atoms with Crippen molar-refractivity contribution < 1.29 is 27.5 Å². The first-order chi connectivity index (χ1) is 16.9. The van der Waals surface area contributed by atoms with Crippen molar-refractivity contribution in [2.45, 2.75) is 24.4 Å². The summed E-state index contributed by atoms with van der Waals surface area (Å²) in [5, 5.41) is 10.9. The fourth-order valence-corrected chi connectivity index (χ4v) is 4.70. The summed E-state index contributed by atoms with van der Waals surface area (Å²) < 4.78 is 45.9. The maximum atomic E-state index is 13.2. The fourth-order valence-electron chi connectivity index (χ4n) is 3.32. The van der Waals surface area contributed by atoms with Gasteiger partial charge in [0.25, 0.3) is 11.8 Å². The number of para-hydroxylation sites is 1. The molecule has 2 aromatic rings. The van der Waals surface area contributed by atoms with E-state index in [9.17, 15) is 22.8 Å². The highest BCUT2D eigenvalue weighted by molar-refractivity contribution is 6.38. The Morgan fingerprint density at radius 2 is 1.94 bits per heavy atom. The number of carbonyl (C=O) groups excluding carboxylic acids is 2. The van der Waals surface area contributed by atoms with Crippen LogP contribution in [0.5, 0.6) is 5.88 Å². The minimum atomic E-state index is -4.76. The summed E-state index contributed by atoms with van der Waals surface area (Å²) in [7, 11) is 0. The molecule has 0 saturated carbocycles. The lowest BCUT2D eigenvalue weighted by Crippen LogP contribution is -2.34. The predicted octanol–water partition coefficient (Wildman–Crippen LogP) is 5.17. The Kier molecular flexibility index (Phi) is 7.56. The minimum absolute atomic E-state index is 0.0291. The van der Waals surface area contributed by atoms with E-state index >= 15 is 0 Å². The third-order valence-electron chi connectivity index (χ3n) is 4.85. The maximum absolute atomic E-state index is 13.2. The Bertz CT molecular complexity index is 1320. The normalized spacial score (nSPS) is 18.4. The number of nitrogens with zero attached hydrogens (tertiary/aromatic N) is 4. The number of rotatable bonds is 5. The summed E-state index contributed by atoms with van der Waals surface area (Å²) in [6.45, 7) is -0.710. The van der Waals surface area contributed by atoms with E-state index < -0.39 is 35.7 Å². The summed E-state index contributed by atoms with van der Waals surface area (Å²) in [4.78, 5) is 24.9. The van der Waals surface area contributed by atoms with Gasteiger partial charge in [-0.2, -0.15) is 33.1 Å². The molecule has 0 saturated heterocycles. The molecule has 1 aromatic carbocycles. The van der Waals surface area contributed by atoms with E-state index in [4.69, 9.17) is 51.1 Å². The zero-order valence-electron chi connectivity index (χ0n) is 17.8. The molecule has 1 unspecified atom stereocenters. The van der Waals surface area contributed by atoms with Gasteiger partial charge in [-0.25, -0.2) is 0 Å². The zero-order chi connectivity index (χ0) is 26.2. The summed E-state index contributed by atoms with van der Waals surface area (Å²) in [6, 6.07) is 6.69. The van der Waals surface area contributed by atoms with Crippen LogP contribution >= 0.6 is 46.4 Å². The number of amidine groups is 1. The van der Waals surface area contributed by atoms with Crippen LogP contribution in [0.25, 0.3) is 5.69 Å².